The molecule has 5 aromatic carbocycles. The lowest BCUT2D eigenvalue weighted by atomic mass is 9.91. The van der Waals surface area contributed by atoms with Crippen LogP contribution in [0.1, 0.15) is 5.56 Å². The maximum atomic E-state index is 9.11. The smallest absolute Gasteiger partial charge is 0.101 e. The summed E-state index contributed by atoms with van der Waals surface area (Å²) in [6.07, 6.45) is 3.38. The minimum absolute atomic E-state index is 0.573. The lowest BCUT2D eigenvalue weighted by Crippen LogP contribution is -1.86. The Labute approximate surface area is 174 Å². The molecule has 1 aromatic heterocycles. The Morgan fingerprint density at radius 3 is 1.73 bits per heavy atom. The molecule has 0 saturated carbocycles. The normalized spacial score (nSPS) is 11.3. The second-order valence-corrected chi connectivity index (χ2v) is 7.66. The number of benzene rings is 5. The van der Waals surface area contributed by atoms with Crippen molar-refractivity contribution in [1.29, 1.82) is 5.26 Å². The summed E-state index contributed by atoms with van der Waals surface area (Å²) < 4.78 is 0. The first-order chi connectivity index (χ1) is 14.8. The van der Waals surface area contributed by atoms with Gasteiger partial charge in [-0.3, -0.25) is 4.98 Å². The highest BCUT2D eigenvalue weighted by atomic mass is 14.6. The Morgan fingerprint density at radius 2 is 1.10 bits per heavy atom. The molecule has 0 aliphatic rings. The van der Waals surface area contributed by atoms with E-state index < -0.39 is 0 Å². The van der Waals surface area contributed by atoms with E-state index in [-0.39, 0.29) is 0 Å². The number of hydrogen-bond acceptors (Lipinski definition) is 2. The van der Waals surface area contributed by atoms with Gasteiger partial charge in [0.1, 0.15) is 6.07 Å². The van der Waals surface area contributed by atoms with E-state index in [1.165, 1.54) is 43.4 Å². The number of aromatic nitrogens is 1. The van der Waals surface area contributed by atoms with Crippen molar-refractivity contribution in [3.8, 4) is 28.3 Å². The second-order valence-electron chi connectivity index (χ2n) is 7.66. The van der Waals surface area contributed by atoms with Gasteiger partial charge in [-0.15, -0.1) is 0 Å². The van der Waals surface area contributed by atoms with Gasteiger partial charge in [-0.25, -0.2) is 0 Å². The summed E-state index contributed by atoms with van der Waals surface area (Å²) in [4.78, 5) is 4.17. The molecule has 0 aliphatic heterocycles. The fraction of sp³-hybridized carbons (Fsp3) is 0. The van der Waals surface area contributed by atoms with Gasteiger partial charge in [-0.05, 0) is 67.2 Å². The molecule has 2 nitrogen and oxygen atoms in total. The van der Waals surface area contributed by atoms with Crippen LogP contribution in [0.2, 0.25) is 0 Å². The molecule has 1 heterocycles. The van der Waals surface area contributed by atoms with E-state index in [0.29, 0.717) is 5.56 Å². The number of nitrogens with zero attached hydrogens (tertiary/aromatic N) is 2. The Kier molecular flexibility index (Phi) is 3.57. The molecular formula is C28H16N2. The lowest BCUT2D eigenvalue weighted by Gasteiger charge is -2.13. The summed E-state index contributed by atoms with van der Waals surface area (Å²) in [7, 11) is 0. The van der Waals surface area contributed by atoms with Crippen LogP contribution >= 0.6 is 0 Å². The van der Waals surface area contributed by atoms with E-state index in [0.717, 1.165) is 11.1 Å². The molecule has 0 bridgehead atoms. The minimum atomic E-state index is 0.573. The molecule has 0 fully saturated rings. The molecule has 6 rings (SSSR count). The van der Waals surface area contributed by atoms with Crippen LogP contribution < -0.4 is 0 Å². The first-order valence-corrected chi connectivity index (χ1v) is 9.94. The van der Waals surface area contributed by atoms with E-state index in [4.69, 9.17) is 5.26 Å². The maximum Gasteiger partial charge on any atom is 0.101 e. The highest BCUT2D eigenvalue weighted by molar-refractivity contribution is 6.23. The average Bonchev–Trinajstić information content (AvgIpc) is 2.82. The molecule has 30 heavy (non-hydrogen) atoms. The fourth-order valence-electron chi connectivity index (χ4n) is 4.43. The van der Waals surface area contributed by atoms with Gasteiger partial charge in [0.25, 0.3) is 0 Å². The van der Waals surface area contributed by atoms with Gasteiger partial charge in [-0.2, -0.15) is 5.26 Å². The molecule has 0 unspecified atom stereocenters. The van der Waals surface area contributed by atoms with Crippen LogP contribution in [0.15, 0.2) is 97.3 Å². The van der Waals surface area contributed by atoms with E-state index in [1.54, 1.807) is 12.4 Å². The second kappa shape index (κ2) is 6.40. The van der Waals surface area contributed by atoms with Crippen LogP contribution in [-0.4, -0.2) is 4.98 Å². The van der Waals surface area contributed by atoms with Crippen molar-refractivity contribution in [2.45, 2.75) is 0 Å². The van der Waals surface area contributed by atoms with Gasteiger partial charge in [-0.1, -0.05) is 66.7 Å². The molecule has 0 amide bonds. The van der Waals surface area contributed by atoms with Gasteiger partial charge < -0.3 is 0 Å². The largest absolute Gasteiger partial charge is 0.263 e. The van der Waals surface area contributed by atoms with Crippen LogP contribution in [0.3, 0.4) is 0 Å². The number of nitriles is 1. The first kappa shape index (κ1) is 16.7. The number of hydrogen-bond donors (Lipinski definition) is 0. The van der Waals surface area contributed by atoms with Crippen molar-refractivity contribution in [2.75, 3.05) is 0 Å². The van der Waals surface area contributed by atoms with E-state index in [1.807, 2.05) is 6.07 Å². The molecule has 6 aromatic rings. The third kappa shape index (κ3) is 2.53. The van der Waals surface area contributed by atoms with E-state index in [2.05, 4.69) is 89.9 Å². The van der Waals surface area contributed by atoms with Crippen molar-refractivity contribution in [3.63, 3.8) is 0 Å². The zero-order valence-corrected chi connectivity index (χ0v) is 16.1. The monoisotopic (exact) mass is 380 g/mol. The topological polar surface area (TPSA) is 36.7 Å². The molecule has 0 aliphatic carbocycles. The lowest BCUT2D eigenvalue weighted by molar-refractivity contribution is 1.30. The summed E-state index contributed by atoms with van der Waals surface area (Å²) in [5.41, 5.74) is 4.96. The van der Waals surface area contributed by atoms with E-state index >= 15 is 0 Å². The predicted molar refractivity (Wildman–Crippen MR) is 124 cm³/mol. The Morgan fingerprint density at radius 1 is 0.533 bits per heavy atom. The van der Waals surface area contributed by atoms with Gasteiger partial charge in [0.15, 0.2) is 0 Å². The highest BCUT2D eigenvalue weighted by Crippen LogP contribution is 2.37. The SMILES string of the molecule is N#Cc1cncc(-c2ccc(-c3cc4ccc5cccc6ccc(c3)c4c56)cc2)c1. The van der Waals surface area contributed by atoms with Crippen LogP contribution in [0.4, 0.5) is 0 Å². The molecule has 0 atom stereocenters. The third-order valence-corrected chi connectivity index (χ3v) is 5.88. The molecule has 0 saturated heterocycles. The fourth-order valence-corrected chi connectivity index (χ4v) is 4.43. The summed E-state index contributed by atoms with van der Waals surface area (Å²) in [6.45, 7) is 0. The van der Waals surface area contributed by atoms with Crippen LogP contribution in [0, 0.1) is 11.3 Å². The Bertz CT molecular complexity index is 1520. The van der Waals surface area contributed by atoms with Crippen LogP contribution in [0.5, 0.6) is 0 Å². The van der Waals surface area contributed by atoms with Crippen molar-refractivity contribution < 1.29 is 0 Å². The van der Waals surface area contributed by atoms with Crippen molar-refractivity contribution in [2.24, 2.45) is 0 Å². The maximum absolute atomic E-state index is 9.11. The zero-order valence-electron chi connectivity index (χ0n) is 16.1. The third-order valence-electron chi connectivity index (χ3n) is 5.88. The summed E-state index contributed by atoms with van der Waals surface area (Å²) in [5, 5.41) is 16.9. The van der Waals surface area contributed by atoms with Crippen molar-refractivity contribution in [3.05, 3.63) is 103 Å². The first-order valence-electron chi connectivity index (χ1n) is 9.94. The summed E-state index contributed by atoms with van der Waals surface area (Å²) in [6, 6.07) is 32.4. The Balaban J connectivity index is 1.48. The van der Waals surface area contributed by atoms with Crippen LogP contribution in [-0.2, 0) is 0 Å². The van der Waals surface area contributed by atoms with Gasteiger partial charge >= 0.3 is 0 Å². The standard InChI is InChI=1S/C28H16N2/c29-15-18-12-26(17-30-16-18)20-6-4-19(5-7-20)25-13-23-10-8-21-2-1-3-22-9-11-24(14-25)28(23)27(21)22/h1-14,16-17H. The summed E-state index contributed by atoms with van der Waals surface area (Å²) in [5.74, 6) is 0. The van der Waals surface area contributed by atoms with Gasteiger partial charge in [0.05, 0.1) is 5.56 Å². The molecule has 138 valence electrons. The van der Waals surface area contributed by atoms with Crippen LogP contribution in [0.25, 0.3) is 54.6 Å². The van der Waals surface area contributed by atoms with Crippen molar-refractivity contribution >= 4 is 32.3 Å². The average molecular weight is 380 g/mol. The number of rotatable bonds is 2. The zero-order chi connectivity index (χ0) is 20.1. The van der Waals surface area contributed by atoms with Gasteiger partial charge in [0, 0.05) is 18.0 Å². The van der Waals surface area contributed by atoms with Crippen molar-refractivity contribution in [1.82, 2.24) is 4.98 Å². The highest BCUT2D eigenvalue weighted by Gasteiger charge is 2.10. The minimum Gasteiger partial charge on any atom is -0.263 e. The molecule has 0 N–H and O–H groups in total. The predicted octanol–water partition coefficient (Wildman–Crippen LogP) is 7.18. The quantitative estimate of drug-likeness (QED) is 0.298. The molecule has 0 radical (unpaired) electrons. The number of pyridine rings is 1. The molecule has 0 spiro atoms. The Hall–Kier alpha value is -4.22. The van der Waals surface area contributed by atoms with Gasteiger partial charge in [0.2, 0.25) is 0 Å². The molecule has 2 heteroatoms. The van der Waals surface area contributed by atoms with E-state index in [9.17, 15) is 0 Å². The molecular weight excluding hydrogens is 364 g/mol. The summed E-state index contributed by atoms with van der Waals surface area (Å²) >= 11 is 0.